The summed E-state index contributed by atoms with van der Waals surface area (Å²) >= 11 is 0. The molecular formula is C15H22N2O2. The number of ether oxygens (including phenoxy) is 1. The first-order valence-corrected chi connectivity index (χ1v) is 6.92. The van der Waals surface area contributed by atoms with Crippen LogP contribution in [0.5, 0.6) is 0 Å². The Balaban J connectivity index is 1.67. The molecule has 1 saturated carbocycles. The maximum absolute atomic E-state index is 11.7. The van der Waals surface area contributed by atoms with Gasteiger partial charge in [-0.15, -0.1) is 0 Å². The van der Waals surface area contributed by atoms with Gasteiger partial charge in [-0.2, -0.15) is 0 Å². The van der Waals surface area contributed by atoms with E-state index in [2.05, 4.69) is 5.32 Å². The van der Waals surface area contributed by atoms with E-state index in [1.165, 1.54) is 19.3 Å². The lowest BCUT2D eigenvalue weighted by Crippen LogP contribution is -2.25. The molecule has 3 N–H and O–H groups in total. The number of anilines is 1. The molecule has 2 atom stereocenters. The Hall–Kier alpha value is -1.39. The van der Waals surface area contributed by atoms with Crippen molar-refractivity contribution in [3.8, 4) is 0 Å². The number of carbonyl (C=O) groups is 1. The van der Waals surface area contributed by atoms with Crippen molar-refractivity contribution in [3.63, 3.8) is 0 Å². The average Bonchev–Trinajstić information content (AvgIpc) is 2.87. The van der Waals surface area contributed by atoms with Crippen LogP contribution >= 0.6 is 0 Å². The van der Waals surface area contributed by atoms with E-state index in [1.807, 2.05) is 30.3 Å². The van der Waals surface area contributed by atoms with Gasteiger partial charge < -0.3 is 15.8 Å². The summed E-state index contributed by atoms with van der Waals surface area (Å²) in [4.78, 5) is 11.7. The quantitative estimate of drug-likeness (QED) is 0.824. The molecule has 1 aromatic rings. The third-order valence-electron chi connectivity index (χ3n) is 3.74. The van der Waals surface area contributed by atoms with Crippen molar-refractivity contribution in [2.45, 2.75) is 19.3 Å². The van der Waals surface area contributed by atoms with Gasteiger partial charge in [0.1, 0.15) is 6.61 Å². The maximum atomic E-state index is 11.7. The Kier molecular flexibility index (Phi) is 5.36. The Morgan fingerprint density at radius 1 is 1.26 bits per heavy atom. The molecule has 0 saturated heterocycles. The van der Waals surface area contributed by atoms with E-state index in [0.717, 1.165) is 12.2 Å². The zero-order chi connectivity index (χ0) is 13.5. The van der Waals surface area contributed by atoms with Crippen molar-refractivity contribution in [1.82, 2.24) is 0 Å². The monoisotopic (exact) mass is 262 g/mol. The summed E-state index contributed by atoms with van der Waals surface area (Å²) < 4.78 is 5.52. The fourth-order valence-corrected chi connectivity index (χ4v) is 2.66. The SMILES string of the molecule is NCC1CCCC1COCC(=O)Nc1ccccc1. The number of nitrogens with two attached hydrogens (primary N) is 1. The minimum absolute atomic E-state index is 0.103. The van der Waals surface area contributed by atoms with Crippen LogP contribution in [-0.2, 0) is 9.53 Å². The zero-order valence-corrected chi connectivity index (χ0v) is 11.2. The molecule has 1 fully saturated rings. The van der Waals surface area contributed by atoms with E-state index in [0.29, 0.717) is 18.4 Å². The second-order valence-electron chi connectivity index (χ2n) is 5.12. The van der Waals surface area contributed by atoms with Crippen LogP contribution in [0.25, 0.3) is 0 Å². The molecule has 1 amide bonds. The highest BCUT2D eigenvalue weighted by atomic mass is 16.5. The molecule has 19 heavy (non-hydrogen) atoms. The number of benzene rings is 1. The maximum Gasteiger partial charge on any atom is 0.250 e. The predicted molar refractivity (Wildman–Crippen MR) is 75.8 cm³/mol. The molecule has 0 aliphatic heterocycles. The van der Waals surface area contributed by atoms with Crippen molar-refractivity contribution >= 4 is 11.6 Å². The van der Waals surface area contributed by atoms with Crippen molar-refractivity contribution in [2.24, 2.45) is 17.6 Å². The second-order valence-corrected chi connectivity index (χ2v) is 5.12. The second kappa shape index (κ2) is 7.26. The topological polar surface area (TPSA) is 64.3 Å². The number of amides is 1. The normalized spacial score (nSPS) is 22.4. The fraction of sp³-hybridized carbons (Fsp3) is 0.533. The van der Waals surface area contributed by atoms with Gasteiger partial charge in [0.15, 0.2) is 0 Å². The zero-order valence-electron chi connectivity index (χ0n) is 11.2. The van der Waals surface area contributed by atoms with Crippen LogP contribution < -0.4 is 11.1 Å². The van der Waals surface area contributed by atoms with Crippen molar-refractivity contribution in [2.75, 3.05) is 25.1 Å². The van der Waals surface area contributed by atoms with Crippen LogP contribution in [0.15, 0.2) is 30.3 Å². The summed E-state index contributed by atoms with van der Waals surface area (Å²) in [6.07, 6.45) is 3.59. The first kappa shape index (κ1) is 14.0. The molecule has 0 heterocycles. The minimum atomic E-state index is -0.103. The van der Waals surface area contributed by atoms with Gasteiger partial charge in [0.25, 0.3) is 0 Å². The fourth-order valence-electron chi connectivity index (χ4n) is 2.66. The summed E-state index contributed by atoms with van der Waals surface area (Å²) in [5, 5.41) is 2.80. The molecule has 104 valence electrons. The molecule has 0 spiro atoms. The van der Waals surface area contributed by atoms with E-state index >= 15 is 0 Å². The van der Waals surface area contributed by atoms with Gasteiger partial charge in [0.2, 0.25) is 5.91 Å². The van der Waals surface area contributed by atoms with Gasteiger partial charge in [0.05, 0.1) is 6.61 Å². The van der Waals surface area contributed by atoms with Gasteiger partial charge in [0, 0.05) is 5.69 Å². The van der Waals surface area contributed by atoms with Crippen molar-refractivity contribution in [3.05, 3.63) is 30.3 Å². The lowest BCUT2D eigenvalue weighted by Gasteiger charge is -2.17. The molecule has 2 rings (SSSR count). The highest BCUT2D eigenvalue weighted by Crippen LogP contribution is 2.30. The van der Waals surface area contributed by atoms with Gasteiger partial charge in [-0.05, 0) is 43.4 Å². The Morgan fingerprint density at radius 2 is 2.00 bits per heavy atom. The smallest absolute Gasteiger partial charge is 0.250 e. The molecule has 4 heteroatoms. The van der Waals surface area contributed by atoms with Gasteiger partial charge >= 0.3 is 0 Å². The van der Waals surface area contributed by atoms with E-state index in [-0.39, 0.29) is 12.5 Å². The summed E-state index contributed by atoms with van der Waals surface area (Å²) in [6.45, 7) is 1.48. The van der Waals surface area contributed by atoms with Crippen LogP contribution in [0.2, 0.25) is 0 Å². The molecule has 1 aromatic carbocycles. The van der Waals surface area contributed by atoms with E-state index in [9.17, 15) is 4.79 Å². The highest BCUT2D eigenvalue weighted by molar-refractivity contribution is 5.91. The van der Waals surface area contributed by atoms with Crippen LogP contribution in [0.1, 0.15) is 19.3 Å². The number of hydrogen-bond acceptors (Lipinski definition) is 3. The van der Waals surface area contributed by atoms with E-state index < -0.39 is 0 Å². The van der Waals surface area contributed by atoms with Gasteiger partial charge in [-0.3, -0.25) is 4.79 Å². The predicted octanol–water partition coefficient (Wildman–Crippen LogP) is 2.02. The Morgan fingerprint density at radius 3 is 2.74 bits per heavy atom. The third-order valence-corrected chi connectivity index (χ3v) is 3.74. The number of hydrogen-bond donors (Lipinski definition) is 2. The van der Waals surface area contributed by atoms with E-state index in [4.69, 9.17) is 10.5 Å². The summed E-state index contributed by atoms with van der Waals surface area (Å²) in [7, 11) is 0. The first-order valence-electron chi connectivity index (χ1n) is 6.92. The number of para-hydroxylation sites is 1. The van der Waals surface area contributed by atoms with Crippen molar-refractivity contribution in [1.29, 1.82) is 0 Å². The van der Waals surface area contributed by atoms with Gasteiger partial charge in [-0.25, -0.2) is 0 Å². The van der Waals surface area contributed by atoms with Crippen molar-refractivity contribution < 1.29 is 9.53 Å². The van der Waals surface area contributed by atoms with Crippen LogP contribution in [-0.4, -0.2) is 25.7 Å². The van der Waals surface area contributed by atoms with Crippen LogP contribution in [0.4, 0.5) is 5.69 Å². The molecule has 0 radical (unpaired) electrons. The van der Waals surface area contributed by atoms with Crippen LogP contribution in [0.3, 0.4) is 0 Å². The van der Waals surface area contributed by atoms with Crippen LogP contribution in [0, 0.1) is 11.8 Å². The average molecular weight is 262 g/mol. The highest BCUT2D eigenvalue weighted by Gasteiger charge is 2.26. The van der Waals surface area contributed by atoms with Gasteiger partial charge in [-0.1, -0.05) is 24.6 Å². The summed E-state index contributed by atoms with van der Waals surface area (Å²) in [5.74, 6) is 0.986. The number of rotatable bonds is 6. The lowest BCUT2D eigenvalue weighted by atomic mass is 9.97. The minimum Gasteiger partial charge on any atom is -0.371 e. The number of nitrogens with one attached hydrogen (secondary N) is 1. The third kappa shape index (κ3) is 4.33. The summed E-state index contributed by atoms with van der Waals surface area (Å²) in [5.41, 5.74) is 6.53. The molecule has 4 nitrogen and oxygen atoms in total. The molecule has 0 bridgehead atoms. The molecule has 1 aliphatic carbocycles. The molecular weight excluding hydrogens is 240 g/mol. The Labute approximate surface area is 114 Å². The Bertz CT molecular complexity index is 394. The lowest BCUT2D eigenvalue weighted by molar-refractivity contribution is -0.121. The summed E-state index contributed by atoms with van der Waals surface area (Å²) in [6, 6.07) is 9.42. The standard InChI is InChI=1S/C15H22N2O2/c16-9-12-5-4-6-13(12)10-19-11-15(18)17-14-7-2-1-3-8-14/h1-3,7-8,12-13H,4-6,9-11,16H2,(H,17,18). The molecule has 2 unspecified atom stereocenters. The molecule has 1 aliphatic rings. The first-order chi connectivity index (χ1) is 9.29. The largest absolute Gasteiger partial charge is 0.371 e. The number of carbonyl (C=O) groups excluding carboxylic acids is 1. The molecule has 0 aromatic heterocycles. The van der Waals surface area contributed by atoms with E-state index in [1.54, 1.807) is 0 Å².